The minimum atomic E-state index is -0.507. The van der Waals surface area contributed by atoms with Crippen LogP contribution in [0.25, 0.3) is 6.08 Å². The summed E-state index contributed by atoms with van der Waals surface area (Å²) in [5.41, 5.74) is 0.984. The quantitative estimate of drug-likeness (QED) is 0.756. The van der Waals surface area contributed by atoms with E-state index < -0.39 is 18.3 Å². The van der Waals surface area contributed by atoms with Crippen molar-refractivity contribution in [3.63, 3.8) is 0 Å². The van der Waals surface area contributed by atoms with E-state index in [2.05, 4.69) is 12.2 Å². The molecule has 1 amide bonds. The van der Waals surface area contributed by atoms with Gasteiger partial charge in [-0.15, -0.1) is 0 Å². The maximum atomic E-state index is 11.4. The average Bonchev–Trinajstić information content (AvgIpc) is 2.77. The molecule has 0 unspecified atom stereocenters. The first-order valence-electron chi connectivity index (χ1n) is 9.18. The second-order valence-electron chi connectivity index (χ2n) is 7.64. The van der Waals surface area contributed by atoms with E-state index in [0.717, 1.165) is 23.2 Å². The number of carbonyl (C=O) groups is 1. The Balaban J connectivity index is 2.27. The van der Waals surface area contributed by atoms with Gasteiger partial charge in [-0.3, -0.25) is 4.79 Å². The lowest BCUT2D eigenvalue weighted by atomic mass is 9.77. The zero-order chi connectivity index (χ0) is 19.4. The number of amides is 1. The largest absolute Gasteiger partial charge is 0.494 e. The van der Waals surface area contributed by atoms with Crippen molar-refractivity contribution in [2.24, 2.45) is 0 Å². The predicted octanol–water partition coefficient (Wildman–Crippen LogP) is 3.63. The van der Waals surface area contributed by atoms with Crippen LogP contribution in [0.1, 0.15) is 53.5 Å². The molecule has 1 aliphatic rings. The summed E-state index contributed by atoms with van der Waals surface area (Å²) < 4.78 is 18.0. The van der Waals surface area contributed by atoms with Gasteiger partial charge in [0, 0.05) is 13.5 Å². The highest BCUT2D eigenvalue weighted by Crippen LogP contribution is 2.38. The molecule has 0 aliphatic carbocycles. The van der Waals surface area contributed by atoms with Gasteiger partial charge in [0.25, 0.3) is 0 Å². The molecule has 1 N–H and O–H groups in total. The summed E-state index contributed by atoms with van der Waals surface area (Å²) in [6, 6.07) is 7.87. The third-order valence-electron chi connectivity index (χ3n) is 4.78. The van der Waals surface area contributed by atoms with Crippen molar-refractivity contribution in [1.29, 1.82) is 0 Å². The van der Waals surface area contributed by atoms with Crippen LogP contribution in [0, 0.1) is 0 Å². The van der Waals surface area contributed by atoms with E-state index in [4.69, 9.17) is 14.0 Å². The topological polar surface area (TPSA) is 56.8 Å². The highest BCUT2D eigenvalue weighted by atomic mass is 16.7. The SMILES string of the molecule is CCCOc1cccc(C=C(CNC(C)=O)B2OC(C)(C)C(C)(C)O2)c1. The maximum absolute atomic E-state index is 11.4. The number of nitrogens with one attached hydrogen (secondary N) is 1. The van der Waals surface area contributed by atoms with Gasteiger partial charge in [-0.1, -0.05) is 25.1 Å². The van der Waals surface area contributed by atoms with E-state index in [-0.39, 0.29) is 5.91 Å². The fourth-order valence-corrected chi connectivity index (χ4v) is 2.55. The van der Waals surface area contributed by atoms with Gasteiger partial charge in [0.2, 0.25) is 5.91 Å². The maximum Gasteiger partial charge on any atom is 0.492 e. The standard InChI is InChI=1S/C20H30BNO4/c1-7-11-24-18-10-8-9-16(13-18)12-17(14-22-15(2)23)21-25-19(3,4)20(5,6)26-21/h8-10,12-13H,7,11,14H2,1-6H3,(H,22,23). The Morgan fingerprint density at radius 1 is 1.23 bits per heavy atom. The van der Waals surface area contributed by atoms with Crippen LogP contribution in [0.3, 0.4) is 0 Å². The molecule has 26 heavy (non-hydrogen) atoms. The van der Waals surface area contributed by atoms with Crippen molar-refractivity contribution in [2.75, 3.05) is 13.2 Å². The van der Waals surface area contributed by atoms with Crippen LogP contribution in [0.2, 0.25) is 0 Å². The number of hydrogen-bond acceptors (Lipinski definition) is 4. The molecule has 0 saturated carbocycles. The molecule has 1 aromatic carbocycles. The van der Waals surface area contributed by atoms with Gasteiger partial charge in [-0.05, 0) is 57.3 Å². The first-order chi connectivity index (χ1) is 12.1. The Bertz CT molecular complexity index is 654. The third-order valence-corrected chi connectivity index (χ3v) is 4.78. The van der Waals surface area contributed by atoms with Crippen LogP contribution in [0.15, 0.2) is 29.7 Å². The summed E-state index contributed by atoms with van der Waals surface area (Å²) in [6.45, 7) is 12.7. The van der Waals surface area contributed by atoms with Crippen LogP contribution in [-0.2, 0) is 14.1 Å². The van der Waals surface area contributed by atoms with Crippen molar-refractivity contribution in [3.8, 4) is 5.75 Å². The van der Waals surface area contributed by atoms with Crippen LogP contribution in [-0.4, -0.2) is 37.4 Å². The fraction of sp³-hybridized carbons (Fsp3) is 0.550. The summed E-state index contributed by atoms with van der Waals surface area (Å²) >= 11 is 0. The molecule has 1 fully saturated rings. The Hall–Kier alpha value is -1.79. The Labute approximate surface area is 157 Å². The molecule has 142 valence electrons. The number of ether oxygens (including phenoxy) is 1. The predicted molar refractivity (Wildman–Crippen MR) is 105 cm³/mol. The van der Waals surface area contributed by atoms with Gasteiger partial charge in [0.05, 0.1) is 17.8 Å². The molecule has 1 heterocycles. The number of benzene rings is 1. The smallest absolute Gasteiger partial charge is 0.492 e. The van der Waals surface area contributed by atoms with Gasteiger partial charge in [0.1, 0.15) is 5.75 Å². The molecule has 1 aliphatic heterocycles. The lowest BCUT2D eigenvalue weighted by molar-refractivity contribution is -0.118. The second-order valence-corrected chi connectivity index (χ2v) is 7.64. The summed E-state index contributed by atoms with van der Waals surface area (Å²) in [7, 11) is -0.507. The molecule has 5 nitrogen and oxygen atoms in total. The Morgan fingerprint density at radius 2 is 1.88 bits per heavy atom. The van der Waals surface area contributed by atoms with Crippen LogP contribution >= 0.6 is 0 Å². The van der Waals surface area contributed by atoms with Gasteiger partial charge in [-0.25, -0.2) is 0 Å². The van der Waals surface area contributed by atoms with Gasteiger partial charge in [-0.2, -0.15) is 0 Å². The van der Waals surface area contributed by atoms with Crippen molar-refractivity contribution >= 4 is 19.1 Å². The summed E-state index contributed by atoms with van der Waals surface area (Å²) in [5, 5.41) is 2.85. The van der Waals surface area contributed by atoms with E-state index >= 15 is 0 Å². The van der Waals surface area contributed by atoms with Gasteiger partial charge < -0.3 is 19.4 Å². The molecular weight excluding hydrogens is 329 g/mol. The molecule has 1 saturated heterocycles. The zero-order valence-electron chi connectivity index (χ0n) is 16.7. The van der Waals surface area contributed by atoms with E-state index in [1.54, 1.807) is 0 Å². The minimum Gasteiger partial charge on any atom is -0.494 e. The molecule has 6 heteroatoms. The lowest BCUT2D eigenvalue weighted by Crippen LogP contribution is -2.41. The van der Waals surface area contributed by atoms with E-state index in [0.29, 0.717) is 13.2 Å². The monoisotopic (exact) mass is 359 g/mol. The molecule has 0 atom stereocenters. The molecule has 1 aromatic rings. The molecule has 2 rings (SSSR count). The Morgan fingerprint density at radius 3 is 2.46 bits per heavy atom. The summed E-state index contributed by atoms with van der Waals surface area (Å²) in [5.74, 6) is 0.737. The third kappa shape index (κ3) is 5.11. The molecule has 0 aromatic heterocycles. The lowest BCUT2D eigenvalue weighted by Gasteiger charge is -2.32. The van der Waals surface area contributed by atoms with E-state index in [9.17, 15) is 4.79 Å². The molecular formula is C20H30BNO4. The molecule has 0 radical (unpaired) electrons. The number of carbonyl (C=O) groups excluding carboxylic acids is 1. The van der Waals surface area contributed by atoms with Crippen molar-refractivity contribution < 1.29 is 18.8 Å². The number of rotatable bonds is 7. The van der Waals surface area contributed by atoms with Crippen LogP contribution < -0.4 is 10.1 Å². The van der Waals surface area contributed by atoms with Crippen molar-refractivity contribution in [1.82, 2.24) is 5.32 Å². The minimum absolute atomic E-state index is 0.0903. The average molecular weight is 359 g/mol. The van der Waals surface area contributed by atoms with Crippen LogP contribution in [0.4, 0.5) is 0 Å². The Kier molecular flexibility index (Phi) is 6.53. The number of hydrogen-bond donors (Lipinski definition) is 1. The van der Waals surface area contributed by atoms with Gasteiger partial charge >= 0.3 is 7.12 Å². The first-order valence-corrected chi connectivity index (χ1v) is 9.18. The second kappa shape index (κ2) is 8.27. The van der Waals surface area contributed by atoms with Crippen molar-refractivity contribution in [3.05, 3.63) is 35.3 Å². The molecule has 0 bridgehead atoms. The van der Waals surface area contributed by atoms with Crippen LogP contribution in [0.5, 0.6) is 5.75 Å². The highest BCUT2D eigenvalue weighted by molar-refractivity contribution is 6.56. The zero-order valence-corrected chi connectivity index (χ0v) is 16.7. The van der Waals surface area contributed by atoms with E-state index in [1.807, 2.05) is 58.0 Å². The summed E-state index contributed by atoms with van der Waals surface area (Å²) in [4.78, 5) is 11.4. The highest BCUT2D eigenvalue weighted by Gasteiger charge is 2.52. The molecule has 0 spiro atoms. The fourth-order valence-electron chi connectivity index (χ4n) is 2.55. The van der Waals surface area contributed by atoms with E-state index in [1.165, 1.54) is 6.92 Å². The normalized spacial score (nSPS) is 18.7. The first kappa shape index (κ1) is 20.5. The van der Waals surface area contributed by atoms with Crippen molar-refractivity contribution in [2.45, 2.75) is 59.2 Å². The summed E-state index contributed by atoms with van der Waals surface area (Å²) in [6.07, 6.45) is 2.96. The van der Waals surface area contributed by atoms with Gasteiger partial charge in [0.15, 0.2) is 0 Å².